The van der Waals surface area contributed by atoms with Gasteiger partial charge in [0.05, 0.1) is 29.8 Å². The zero-order valence-corrected chi connectivity index (χ0v) is 19.4. The minimum atomic E-state index is -3.65. The summed E-state index contributed by atoms with van der Waals surface area (Å²) in [4.78, 5) is 13.9. The summed E-state index contributed by atoms with van der Waals surface area (Å²) < 4.78 is 99.3. The molecule has 0 bridgehead atoms. The SMILES string of the molecule is CCS(=O)(=O)NC[C@@H]1[C@H](F)CN1C(=O)C1CC1(F)c1c(F)cc(Cl)cc1-c1c(F)cccc1F. The van der Waals surface area contributed by atoms with Crippen molar-refractivity contribution >= 4 is 27.5 Å². The van der Waals surface area contributed by atoms with Gasteiger partial charge in [-0.1, -0.05) is 17.7 Å². The first-order chi connectivity index (χ1) is 15.9. The number of rotatable bonds is 7. The highest BCUT2D eigenvalue weighted by Crippen LogP contribution is 2.60. The summed E-state index contributed by atoms with van der Waals surface area (Å²) in [5.41, 5.74) is -4.46. The number of amides is 1. The number of likely N-dealkylation sites (tertiary alicyclic amines) is 1. The van der Waals surface area contributed by atoms with Crippen LogP contribution < -0.4 is 4.72 Å². The molecule has 0 aromatic heterocycles. The van der Waals surface area contributed by atoms with Crippen molar-refractivity contribution in [3.05, 3.63) is 58.4 Å². The third kappa shape index (κ3) is 4.29. The maximum absolute atomic E-state index is 15.9. The summed E-state index contributed by atoms with van der Waals surface area (Å²) in [7, 11) is -3.65. The molecule has 1 saturated carbocycles. The fourth-order valence-electron chi connectivity index (χ4n) is 4.25. The van der Waals surface area contributed by atoms with Gasteiger partial charge in [0.1, 0.15) is 23.6 Å². The molecule has 184 valence electrons. The number of nitrogens with one attached hydrogen (secondary N) is 1. The lowest BCUT2D eigenvalue weighted by Gasteiger charge is -2.44. The summed E-state index contributed by atoms with van der Waals surface area (Å²) in [6.45, 7) is 0.620. The Hall–Kier alpha value is -2.24. The van der Waals surface area contributed by atoms with E-state index in [1.54, 1.807) is 0 Å². The van der Waals surface area contributed by atoms with Gasteiger partial charge in [-0.2, -0.15) is 0 Å². The van der Waals surface area contributed by atoms with Gasteiger partial charge in [-0.25, -0.2) is 35.1 Å². The van der Waals surface area contributed by atoms with Gasteiger partial charge in [0, 0.05) is 23.6 Å². The van der Waals surface area contributed by atoms with E-state index >= 15 is 4.39 Å². The molecule has 2 unspecified atom stereocenters. The number of carbonyl (C=O) groups excluding carboxylic acids is 1. The van der Waals surface area contributed by atoms with Crippen molar-refractivity contribution in [3.63, 3.8) is 0 Å². The Morgan fingerprint density at radius 3 is 2.44 bits per heavy atom. The highest BCUT2D eigenvalue weighted by atomic mass is 35.5. The van der Waals surface area contributed by atoms with E-state index in [0.29, 0.717) is 0 Å². The number of halogens is 6. The Balaban J connectivity index is 1.64. The van der Waals surface area contributed by atoms with E-state index in [1.165, 1.54) is 6.92 Å². The van der Waals surface area contributed by atoms with Crippen molar-refractivity contribution < 1.29 is 35.2 Å². The van der Waals surface area contributed by atoms with Crippen LogP contribution in [0, 0.1) is 23.4 Å². The smallest absolute Gasteiger partial charge is 0.229 e. The van der Waals surface area contributed by atoms with Gasteiger partial charge in [0.15, 0.2) is 5.67 Å². The van der Waals surface area contributed by atoms with Crippen LogP contribution in [0.25, 0.3) is 11.1 Å². The van der Waals surface area contributed by atoms with E-state index < -0.39 is 86.8 Å². The lowest BCUT2D eigenvalue weighted by atomic mass is 9.92. The predicted molar refractivity (Wildman–Crippen MR) is 116 cm³/mol. The minimum Gasteiger partial charge on any atom is -0.332 e. The molecule has 0 radical (unpaired) electrons. The Morgan fingerprint density at radius 1 is 1.21 bits per heavy atom. The van der Waals surface area contributed by atoms with Crippen LogP contribution in [0.2, 0.25) is 5.02 Å². The van der Waals surface area contributed by atoms with Gasteiger partial charge < -0.3 is 4.90 Å². The molecule has 0 spiro atoms. The van der Waals surface area contributed by atoms with Gasteiger partial charge in [0.25, 0.3) is 0 Å². The van der Waals surface area contributed by atoms with Crippen LogP contribution >= 0.6 is 11.6 Å². The van der Waals surface area contributed by atoms with Crippen molar-refractivity contribution in [2.45, 2.75) is 31.2 Å². The third-order valence-corrected chi connectivity index (χ3v) is 7.84. The molecule has 1 saturated heterocycles. The van der Waals surface area contributed by atoms with Gasteiger partial charge >= 0.3 is 0 Å². The molecule has 2 aliphatic rings. The third-order valence-electron chi connectivity index (χ3n) is 6.26. The number of hydrogen-bond donors (Lipinski definition) is 1. The molecule has 2 fully saturated rings. The van der Waals surface area contributed by atoms with Crippen molar-refractivity contribution in [2.75, 3.05) is 18.8 Å². The second-order valence-electron chi connectivity index (χ2n) is 8.35. The molecule has 1 heterocycles. The number of alkyl halides is 2. The normalized spacial score (nSPS) is 26.3. The molecule has 4 atom stereocenters. The second kappa shape index (κ2) is 8.76. The maximum atomic E-state index is 15.9. The Labute approximate surface area is 197 Å². The van der Waals surface area contributed by atoms with E-state index in [1.807, 2.05) is 0 Å². The van der Waals surface area contributed by atoms with Crippen molar-refractivity contribution in [1.29, 1.82) is 0 Å². The summed E-state index contributed by atoms with van der Waals surface area (Å²) >= 11 is 5.87. The molecule has 4 rings (SSSR count). The molecule has 5 nitrogen and oxygen atoms in total. The highest BCUT2D eigenvalue weighted by Gasteiger charge is 2.65. The number of carbonyl (C=O) groups is 1. The highest BCUT2D eigenvalue weighted by molar-refractivity contribution is 7.89. The summed E-state index contributed by atoms with van der Waals surface area (Å²) in [5.74, 6) is -5.84. The van der Waals surface area contributed by atoms with E-state index in [-0.39, 0.29) is 17.3 Å². The van der Waals surface area contributed by atoms with Crippen LogP contribution in [0.4, 0.5) is 22.0 Å². The van der Waals surface area contributed by atoms with E-state index in [0.717, 1.165) is 35.2 Å². The summed E-state index contributed by atoms with van der Waals surface area (Å²) in [5, 5.41) is -0.225. The number of sulfonamides is 1. The largest absolute Gasteiger partial charge is 0.332 e. The summed E-state index contributed by atoms with van der Waals surface area (Å²) in [6.07, 6.45) is -2.01. The number of hydrogen-bond acceptors (Lipinski definition) is 3. The van der Waals surface area contributed by atoms with Crippen LogP contribution in [-0.4, -0.2) is 50.3 Å². The van der Waals surface area contributed by atoms with Gasteiger partial charge in [-0.3, -0.25) is 4.79 Å². The fraction of sp³-hybridized carbons (Fsp3) is 0.409. The summed E-state index contributed by atoms with van der Waals surface area (Å²) in [6, 6.07) is 3.59. The molecule has 1 amide bonds. The molecule has 1 aliphatic carbocycles. The average Bonchev–Trinajstić information content (AvgIpc) is 3.42. The van der Waals surface area contributed by atoms with Crippen LogP contribution in [0.1, 0.15) is 18.9 Å². The number of benzene rings is 2. The molecule has 1 aliphatic heterocycles. The molecule has 2 aromatic carbocycles. The lowest BCUT2D eigenvalue weighted by Crippen LogP contribution is -2.64. The van der Waals surface area contributed by atoms with Gasteiger partial charge in [-0.05, 0) is 36.8 Å². The first kappa shape index (κ1) is 24.9. The zero-order chi connectivity index (χ0) is 25.0. The van der Waals surface area contributed by atoms with Crippen LogP contribution in [0.3, 0.4) is 0 Å². The number of nitrogens with zero attached hydrogens (tertiary/aromatic N) is 1. The van der Waals surface area contributed by atoms with E-state index in [2.05, 4.69) is 4.72 Å². The van der Waals surface area contributed by atoms with Crippen molar-refractivity contribution in [1.82, 2.24) is 9.62 Å². The van der Waals surface area contributed by atoms with Crippen molar-refractivity contribution in [3.8, 4) is 11.1 Å². The lowest BCUT2D eigenvalue weighted by molar-refractivity contribution is -0.147. The first-order valence-electron chi connectivity index (χ1n) is 10.4. The predicted octanol–water partition coefficient (Wildman–Crippen LogP) is 4.10. The quantitative estimate of drug-likeness (QED) is 0.557. The maximum Gasteiger partial charge on any atom is 0.229 e. The van der Waals surface area contributed by atoms with Gasteiger partial charge in [0.2, 0.25) is 15.9 Å². The van der Waals surface area contributed by atoms with Crippen molar-refractivity contribution in [2.24, 2.45) is 5.92 Å². The monoisotopic (exact) mass is 522 g/mol. The average molecular weight is 523 g/mol. The standard InChI is InChI=1S/C22H20ClF5N2O3S/c1-2-34(32,33)29-9-18-17(27)10-30(18)21(31)13-8-22(13,28)20-12(6-11(23)7-16(20)26)19-14(24)4-3-5-15(19)25/h3-7,13,17-18,29H,2,8-10H2,1H3/t13?,17-,18-,22?/m1/s1. The van der Waals surface area contributed by atoms with Gasteiger partial charge in [-0.15, -0.1) is 0 Å². The molecule has 34 heavy (non-hydrogen) atoms. The molecular weight excluding hydrogens is 503 g/mol. The van der Waals surface area contributed by atoms with Crippen LogP contribution in [0.15, 0.2) is 30.3 Å². The molecule has 1 N–H and O–H groups in total. The fourth-order valence-corrected chi connectivity index (χ4v) is 5.09. The Morgan fingerprint density at radius 2 is 1.85 bits per heavy atom. The molecular formula is C22H20ClF5N2O3S. The van der Waals surface area contributed by atoms with E-state index in [9.17, 15) is 30.8 Å². The Kier molecular flexibility index (Phi) is 6.41. The van der Waals surface area contributed by atoms with E-state index in [4.69, 9.17) is 11.6 Å². The minimum absolute atomic E-state index is 0.225. The second-order valence-corrected chi connectivity index (χ2v) is 10.9. The van der Waals surface area contributed by atoms with Crippen LogP contribution in [-0.2, 0) is 20.5 Å². The van der Waals surface area contributed by atoms with Crippen LogP contribution in [0.5, 0.6) is 0 Å². The molecule has 2 aromatic rings. The molecule has 12 heteroatoms. The topological polar surface area (TPSA) is 66.5 Å². The first-order valence-corrected chi connectivity index (χ1v) is 12.5. The Bertz CT molecular complexity index is 1240. The zero-order valence-electron chi connectivity index (χ0n) is 17.8.